The van der Waals surface area contributed by atoms with Crippen LogP contribution in [0, 0.1) is 0 Å². The fraction of sp³-hybridized carbons (Fsp3) is 0.778. The molecule has 0 aliphatic carbocycles. The molecular weight excluding hydrogens is 152 g/mol. The summed E-state index contributed by atoms with van der Waals surface area (Å²) in [6, 6.07) is 0. The first-order chi connectivity index (χ1) is 5.93. The van der Waals surface area contributed by atoms with Gasteiger partial charge in [-0.3, -0.25) is 0 Å². The highest BCUT2D eigenvalue weighted by molar-refractivity contribution is 4.79. The summed E-state index contributed by atoms with van der Waals surface area (Å²) in [5.41, 5.74) is 0. The smallest absolute Gasteiger partial charge is 0.105 e. The molecule has 0 aromatic carbocycles. The fourth-order valence-corrected chi connectivity index (χ4v) is 1.21. The quantitative estimate of drug-likeness (QED) is 0.617. The molecule has 0 aromatic rings. The molecular formula is C9H18N2O. The Morgan fingerprint density at radius 3 is 3.17 bits per heavy atom. The number of ether oxygens (including phenoxy) is 1. The molecule has 0 bridgehead atoms. The molecule has 70 valence electrons. The average molecular weight is 170 g/mol. The molecule has 3 heteroatoms. The molecule has 0 amide bonds. The van der Waals surface area contributed by atoms with Crippen LogP contribution in [0.1, 0.15) is 13.3 Å². The average Bonchev–Trinajstić information content (AvgIpc) is 2.14. The number of hydrogen-bond acceptors (Lipinski definition) is 3. The molecule has 0 radical (unpaired) electrons. The van der Waals surface area contributed by atoms with E-state index in [2.05, 4.69) is 17.1 Å². The van der Waals surface area contributed by atoms with Crippen LogP contribution < -0.4 is 5.32 Å². The summed E-state index contributed by atoms with van der Waals surface area (Å²) in [7, 11) is 0. The molecule has 0 saturated heterocycles. The normalized spacial score (nSPS) is 16.2. The Hall–Kier alpha value is -0.700. The summed E-state index contributed by atoms with van der Waals surface area (Å²) in [6.07, 6.45) is 5.00. The van der Waals surface area contributed by atoms with Gasteiger partial charge in [0, 0.05) is 12.7 Å². The van der Waals surface area contributed by atoms with Crippen LogP contribution in [0.4, 0.5) is 0 Å². The van der Waals surface area contributed by atoms with E-state index >= 15 is 0 Å². The summed E-state index contributed by atoms with van der Waals surface area (Å²) in [5.74, 6) is 0. The Bertz CT molecular complexity index is 136. The van der Waals surface area contributed by atoms with Gasteiger partial charge in [0.25, 0.3) is 0 Å². The highest BCUT2D eigenvalue weighted by Crippen LogP contribution is 1.98. The largest absolute Gasteiger partial charge is 0.498 e. The molecule has 3 nitrogen and oxygen atoms in total. The number of nitrogens with one attached hydrogen (secondary N) is 1. The summed E-state index contributed by atoms with van der Waals surface area (Å²) >= 11 is 0. The number of nitrogens with zero attached hydrogens (tertiary/aromatic N) is 1. The van der Waals surface area contributed by atoms with Gasteiger partial charge in [0.1, 0.15) is 6.61 Å². The van der Waals surface area contributed by atoms with Gasteiger partial charge in [-0.25, -0.2) is 0 Å². The number of rotatable bonds is 5. The van der Waals surface area contributed by atoms with Crippen molar-refractivity contribution in [3.8, 4) is 0 Å². The van der Waals surface area contributed by atoms with E-state index in [-0.39, 0.29) is 0 Å². The van der Waals surface area contributed by atoms with E-state index < -0.39 is 0 Å². The lowest BCUT2D eigenvalue weighted by atomic mass is 10.3. The molecule has 1 N–H and O–H groups in total. The molecule has 1 rings (SSSR count). The minimum Gasteiger partial charge on any atom is -0.498 e. The van der Waals surface area contributed by atoms with Gasteiger partial charge >= 0.3 is 0 Å². The summed E-state index contributed by atoms with van der Waals surface area (Å²) in [5, 5.41) is 3.31. The van der Waals surface area contributed by atoms with Crippen molar-refractivity contribution >= 4 is 0 Å². The van der Waals surface area contributed by atoms with Gasteiger partial charge in [0.05, 0.1) is 12.8 Å². The van der Waals surface area contributed by atoms with Crippen molar-refractivity contribution in [2.75, 3.05) is 32.8 Å². The molecule has 0 unspecified atom stereocenters. The van der Waals surface area contributed by atoms with E-state index in [4.69, 9.17) is 4.74 Å². The number of hydrogen-bond donors (Lipinski definition) is 1. The Morgan fingerprint density at radius 1 is 1.58 bits per heavy atom. The maximum atomic E-state index is 5.09. The highest BCUT2D eigenvalue weighted by atomic mass is 16.5. The Balaban J connectivity index is 1.98. The zero-order valence-corrected chi connectivity index (χ0v) is 7.75. The van der Waals surface area contributed by atoms with Crippen molar-refractivity contribution in [2.24, 2.45) is 0 Å². The van der Waals surface area contributed by atoms with Crippen LogP contribution in [0.15, 0.2) is 12.5 Å². The van der Waals surface area contributed by atoms with Crippen molar-refractivity contribution in [3.05, 3.63) is 12.5 Å². The molecule has 1 aliphatic heterocycles. The van der Waals surface area contributed by atoms with Gasteiger partial charge < -0.3 is 15.0 Å². The first-order valence-corrected chi connectivity index (χ1v) is 4.66. The van der Waals surface area contributed by atoms with E-state index in [1.807, 2.05) is 6.20 Å². The minimum atomic E-state index is 0.831. The maximum absolute atomic E-state index is 5.09. The van der Waals surface area contributed by atoms with Gasteiger partial charge in [0.2, 0.25) is 0 Å². The van der Waals surface area contributed by atoms with Crippen molar-refractivity contribution in [2.45, 2.75) is 13.3 Å². The lowest BCUT2D eigenvalue weighted by Gasteiger charge is -2.23. The maximum Gasteiger partial charge on any atom is 0.105 e. The van der Waals surface area contributed by atoms with Crippen LogP contribution in [0.25, 0.3) is 0 Å². The van der Waals surface area contributed by atoms with Crippen molar-refractivity contribution in [1.82, 2.24) is 10.2 Å². The van der Waals surface area contributed by atoms with Crippen molar-refractivity contribution in [1.29, 1.82) is 0 Å². The second-order valence-corrected chi connectivity index (χ2v) is 2.90. The lowest BCUT2D eigenvalue weighted by molar-refractivity contribution is 0.172. The molecule has 0 aromatic heterocycles. The van der Waals surface area contributed by atoms with Crippen molar-refractivity contribution < 1.29 is 4.74 Å². The first-order valence-electron chi connectivity index (χ1n) is 4.66. The van der Waals surface area contributed by atoms with Crippen LogP contribution >= 0.6 is 0 Å². The Labute approximate surface area is 74.4 Å². The highest BCUT2D eigenvalue weighted by Gasteiger charge is 2.01. The van der Waals surface area contributed by atoms with E-state index in [1.54, 1.807) is 6.26 Å². The third-order valence-electron chi connectivity index (χ3n) is 1.91. The summed E-state index contributed by atoms with van der Waals surface area (Å²) in [6.45, 7) is 7.31. The van der Waals surface area contributed by atoms with Crippen molar-refractivity contribution in [3.63, 3.8) is 0 Å². The molecule has 12 heavy (non-hydrogen) atoms. The van der Waals surface area contributed by atoms with E-state index in [9.17, 15) is 0 Å². The fourth-order valence-electron chi connectivity index (χ4n) is 1.21. The standard InChI is InChI=1S/C9H18N2O/c1-2-10-4-3-5-11-6-8-12-9-7-11/h6,8,10H,2-5,7,9H2,1H3. The van der Waals surface area contributed by atoms with Crippen LogP contribution in [-0.2, 0) is 4.74 Å². The molecule has 0 spiro atoms. The van der Waals surface area contributed by atoms with Gasteiger partial charge in [-0.05, 0) is 19.5 Å². The molecule has 0 saturated carbocycles. The van der Waals surface area contributed by atoms with Crippen LogP contribution in [0.2, 0.25) is 0 Å². The second-order valence-electron chi connectivity index (χ2n) is 2.90. The monoisotopic (exact) mass is 170 g/mol. The van der Waals surface area contributed by atoms with Gasteiger partial charge in [-0.2, -0.15) is 0 Å². The van der Waals surface area contributed by atoms with E-state index in [0.29, 0.717) is 0 Å². The zero-order chi connectivity index (χ0) is 8.65. The second kappa shape index (κ2) is 5.89. The van der Waals surface area contributed by atoms with Crippen LogP contribution in [0.5, 0.6) is 0 Å². The predicted molar refractivity (Wildman–Crippen MR) is 49.8 cm³/mol. The molecule has 0 fully saturated rings. The van der Waals surface area contributed by atoms with E-state index in [1.165, 1.54) is 6.42 Å². The molecule has 1 heterocycles. The predicted octanol–water partition coefficient (Wildman–Crippen LogP) is 0.789. The Morgan fingerprint density at radius 2 is 2.50 bits per heavy atom. The van der Waals surface area contributed by atoms with Gasteiger partial charge in [0.15, 0.2) is 0 Å². The SMILES string of the molecule is CCNCCCN1C=COCC1. The summed E-state index contributed by atoms with van der Waals surface area (Å²) < 4.78 is 5.09. The molecule has 0 atom stereocenters. The van der Waals surface area contributed by atoms with E-state index in [0.717, 1.165) is 32.8 Å². The lowest BCUT2D eigenvalue weighted by Crippen LogP contribution is -2.28. The summed E-state index contributed by atoms with van der Waals surface area (Å²) in [4.78, 5) is 2.29. The van der Waals surface area contributed by atoms with Gasteiger partial charge in [-0.15, -0.1) is 0 Å². The van der Waals surface area contributed by atoms with Gasteiger partial charge in [-0.1, -0.05) is 6.92 Å². The minimum absolute atomic E-state index is 0.831. The van der Waals surface area contributed by atoms with Crippen LogP contribution in [-0.4, -0.2) is 37.7 Å². The Kier molecular flexibility index (Phi) is 4.61. The molecule has 1 aliphatic rings. The third-order valence-corrected chi connectivity index (χ3v) is 1.91. The third kappa shape index (κ3) is 3.62. The van der Waals surface area contributed by atoms with Crippen LogP contribution in [0.3, 0.4) is 0 Å². The topological polar surface area (TPSA) is 24.5 Å². The zero-order valence-electron chi connectivity index (χ0n) is 7.75. The first kappa shape index (κ1) is 9.39.